The van der Waals surface area contributed by atoms with Gasteiger partial charge in [-0.05, 0) is 51.1 Å². The van der Waals surface area contributed by atoms with Crippen molar-refractivity contribution in [2.45, 2.75) is 63.3 Å². The van der Waals surface area contributed by atoms with Crippen LogP contribution < -0.4 is 0 Å². The highest BCUT2D eigenvalue weighted by atomic mass is 16.7. The van der Waals surface area contributed by atoms with Gasteiger partial charge >= 0.3 is 0 Å². The summed E-state index contributed by atoms with van der Waals surface area (Å²) in [7, 11) is 7.35. The number of hydrogen-bond acceptors (Lipinski definition) is 6. The van der Waals surface area contributed by atoms with E-state index in [0.29, 0.717) is 12.8 Å². The minimum absolute atomic E-state index is 0.0385. The fourth-order valence-corrected chi connectivity index (χ4v) is 4.19. The van der Waals surface area contributed by atoms with Crippen LogP contribution in [0.15, 0.2) is 18.2 Å². The standard InChI is InChI=1S/C22H33NO5/c1-14-22(26-5)20(25-4)13-21(27-14)28-18-11-15-6-7-16(10-17(15)12-18)19(24)8-9-23(2)3/h6-7,10,14,18,20-22H,8-9,11-13H2,1-5H3/t14-,18?,20-,21-,22-/m0/s1. The van der Waals surface area contributed by atoms with Crippen molar-refractivity contribution in [1.29, 1.82) is 0 Å². The zero-order valence-corrected chi connectivity index (χ0v) is 17.6. The van der Waals surface area contributed by atoms with Crippen molar-refractivity contribution < 1.29 is 23.7 Å². The van der Waals surface area contributed by atoms with E-state index in [-0.39, 0.29) is 36.5 Å². The second-order valence-corrected chi connectivity index (χ2v) is 8.11. The topological polar surface area (TPSA) is 57.2 Å². The van der Waals surface area contributed by atoms with Crippen LogP contribution in [0.5, 0.6) is 0 Å². The predicted molar refractivity (Wildman–Crippen MR) is 107 cm³/mol. The number of carbonyl (C=O) groups excluding carboxylic acids is 1. The molecule has 0 spiro atoms. The second kappa shape index (κ2) is 9.46. The van der Waals surface area contributed by atoms with Gasteiger partial charge in [-0.15, -0.1) is 0 Å². The van der Waals surface area contributed by atoms with Crippen LogP contribution in [-0.4, -0.2) is 76.2 Å². The largest absolute Gasteiger partial charge is 0.378 e. The quantitative estimate of drug-likeness (QED) is 0.635. The summed E-state index contributed by atoms with van der Waals surface area (Å²) in [5.41, 5.74) is 3.27. The number of Topliss-reactive ketones (excluding diaryl/α,β-unsaturated/α-hetero) is 1. The molecule has 0 N–H and O–H groups in total. The Morgan fingerprint density at radius 1 is 1.18 bits per heavy atom. The molecule has 1 aliphatic carbocycles. The van der Waals surface area contributed by atoms with E-state index in [2.05, 4.69) is 6.07 Å². The van der Waals surface area contributed by atoms with Crippen molar-refractivity contribution in [2.24, 2.45) is 0 Å². The molecular weight excluding hydrogens is 358 g/mol. The molecule has 1 fully saturated rings. The van der Waals surface area contributed by atoms with Gasteiger partial charge in [-0.1, -0.05) is 12.1 Å². The van der Waals surface area contributed by atoms with Crippen LogP contribution in [-0.2, 0) is 31.8 Å². The van der Waals surface area contributed by atoms with Gasteiger partial charge in [0.1, 0.15) is 6.10 Å². The van der Waals surface area contributed by atoms with Crippen LogP contribution in [0.3, 0.4) is 0 Å². The highest BCUT2D eigenvalue weighted by molar-refractivity contribution is 5.96. The molecule has 6 nitrogen and oxygen atoms in total. The van der Waals surface area contributed by atoms with E-state index in [1.54, 1.807) is 14.2 Å². The van der Waals surface area contributed by atoms with Crippen LogP contribution >= 0.6 is 0 Å². The van der Waals surface area contributed by atoms with Gasteiger partial charge < -0.3 is 23.8 Å². The summed E-state index contributed by atoms with van der Waals surface area (Å²) in [5, 5.41) is 0. The monoisotopic (exact) mass is 391 g/mol. The Labute approximate surface area is 168 Å². The molecule has 0 aromatic heterocycles. The van der Waals surface area contributed by atoms with E-state index in [0.717, 1.165) is 24.9 Å². The molecule has 0 amide bonds. The van der Waals surface area contributed by atoms with Gasteiger partial charge in [0.25, 0.3) is 0 Å². The number of ether oxygens (including phenoxy) is 4. The number of carbonyl (C=O) groups is 1. The van der Waals surface area contributed by atoms with Gasteiger partial charge in [0.2, 0.25) is 0 Å². The molecule has 3 rings (SSSR count). The molecule has 1 aliphatic heterocycles. The Hall–Kier alpha value is -1.31. The van der Waals surface area contributed by atoms with Crippen molar-refractivity contribution in [3.05, 3.63) is 34.9 Å². The Kier molecular flexibility index (Phi) is 7.23. The number of ketones is 1. The normalized spacial score (nSPS) is 29.9. The molecule has 1 unspecified atom stereocenters. The van der Waals surface area contributed by atoms with Crippen molar-refractivity contribution in [3.8, 4) is 0 Å². The smallest absolute Gasteiger partial charge is 0.164 e. The Balaban J connectivity index is 1.58. The minimum Gasteiger partial charge on any atom is -0.378 e. The first kappa shape index (κ1) is 21.4. The van der Waals surface area contributed by atoms with E-state index >= 15 is 0 Å². The number of hydrogen-bond donors (Lipinski definition) is 0. The zero-order chi connectivity index (χ0) is 20.3. The minimum atomic E-state index is -0.299. The highest BCUT2D eigenvalue weighted by Crippen LogP contribution is 2.30. The molecule has 5 atom stereocenters. The first-order chi connectivity index (χ1) is 13.4. The maximum atomic E-state index is 12.4. The SMILES string of the molecule is CO[C@H]1[C@H](C)O[C@@H](OC2Cc3ccc(C(=O)CCN(C)C)cc3C2)C[C@@H]1OC. The fourth-order valence-electron chi connectivity index (χ4n) is 4.19. The second-order valence-electron chi connectivity index (χ2n) is 8.11. The van der Waals surface area contributed by atoms with Crippen LogP contribution in [0.2, 0.25) is 0 Å². The third-order valence-corrected chi connectivity index (χ3v) is 5.75. The van der Waals surface area contributed by atoms with E-state index in [1.165, 1.54) is 11.1 Å². The van der Waals surface area contributed by atoms with Crippen LogP contribution in [0, 0.1) is 0 Å². The maximum absolute atomic E-state index is 12.4. The lowest BCUT2D eigenvalue weighted by atomic mass is 10.0. The van der Waals surface area contributed by atoms with E-state index in [4.69, 9.17) is 18.9 Å². The number of rotatable bonds is 8. The van der Waals surface area contributed by atoms with Crippen molar-refractivity contribution >= 4 is 5.78 Å². The lowest BCUT2D eigenvalue weighted by Gasteiger charge is -2.39. The molecule has 6 heteroatoms. The molecule has 1 aromatic carbocycles. The molecule has 1 saturated heterocycles. The summed E-state index contributed by atoms with van der Waals surface area (Å²) in [6, 6.07) is 6.06. The first-order valence-electron chi connectivity index (χ1n) is 10.1. The van der Waals surface area contributed by atoms with Gasteiger partial charge in [0, 0.05) is 39.2 Å². The van der Waals surface area contributed by atoms with Gasteiger partial charge in [-0.25, -0.2) is 0 Å². The summed E-state index contributed by atoms with van der Waals surface area (Å²) < 4.78 is 23.4. The summed E-state index contributed by atoms with van der Waals surface area (Å²) in [5.74, 6) is 0.193. The van der Waals surface area contributed by atoms with Crippen LogP contribution in [0.25, 0.3) is 0 Å². The number of methoxy groups -OCH3 is 2. The summed E-state index contributed by atoms with van der Waals surface area (Å²) in [6.45, 7) is 2.76. The van der Waals surface area contributed by atoms with Crippen molar-refractivity contribution in [1.82, 2.24) is 4.90 Å². The zero-order valence-electron chi connectivity index (χ0n) is 17.6. The van der Waals surface area contributed by atoms with Crippen molar-refractivity contribution in [2.75, 3.05) is 34.9 Å². The number of benzene rings is 1. The molecule has 2 aliphatic rings. The average Bonchev–Trinajstić information content (AvgIpc) is 3.06. The van der Waals surface area contributed by atoms with Crippen LogP contribution in [0.1, 0.15) is 41.3 Å². The van der Waals surface area contributed by atoms with Gasteiger partial charge in [-0.2, -0.15) is 0 Å². The molecule has 1 heterocycles. The summed E-state index contributed by atoms with van der Waals surface area (Å²) >= 11 is 0. The summed E-state index contributed by atoms with van der Waals surface area (Å²) in [6.07, 6.45) is 2.41. The maximum Gasteiger partial charge on any atom is 0.164 e. The molecule has 0 radical (unpaired) electrons. The van der Waals surface area contributed by atoms with E-state index in [9.17, 15) is 4.79 Å². The Bertz CT molecular complexity index is 677. The number of fused-ring (bicyclic) bond motifs is 1. The van der Waals surface area contributed by atoms with Gasteiger partial charge in [0.15, 0.2) is 12.1 Å². The van der Waals surface area contributed by atoms with Crippen molar-refractivity contribution in [3.63, 3.8) is 0 Å². The molecular formula is C22H33NO5. The lowest BCUT2D eigenvalue weighted by Crippen LogP contribution is -2.50. The molecule has 0 saturated carbocycles. The Morgan fingerprint density at radius 2 is 1.93 bits per heavy atom. The average molecular weight is 392 g/mol. The predicted octanol–water partition coefficient (Wildman–Crippen LogP) is 2.47. The van der Waals surface area contributed by atoms with E-state index in [1.807, 2.05) is 38.1 Å². The Morgan fingerprint density at radius 3 is 2.61 bits per heavy atom. The molecule has 1 aromatic rings. The number of nitrogens with zero attached hydrogens (tertiary/aromatic N) is 1. The molecule has 0 bridgehead atoms. The highest BCUT2D eigenvalue weighted by Gasteiger charge is 2.39. The van der Waals surface area contributed by atoms with E-state index < -0.39 is 0 Å². The molecule has 156 valence electrons. The van der Waals surface area contributed by atoms with Crippen LogP contribution in [0.4, 0.5) is 0 Å². The lowest BCUT2D eigenvalue weighted by molar-refractivity contribution is -0.265. The van der Waals surface area contributed by atoms with Gasteiger partial charge in [0.05, 0.1) is 18.3 Å². The molecule has 28 heavy (non-hydrogen) atoms. The first-order valence-corrected chi connectivity index (χ1v) is 10.1. The van der Waals surface area contributed by atoms with Gasteiger partial charge in [-0.3, -0.25) is 4.79 Å². The third kappa shape index (κ3) is 4.99. The fraction of sp³-hybridized carbons (Fsp3) is 0.682. The summed E-state index contributed by atoms with van der Waals surface area (Å²) in [4.78, 5) is 14.4. The third-order valence-electron chi connectivity index (χ3n) is 5.75.